The van der Waals surface area contributed by atoms with E-state index < -0.39 is 0 Å². The van der Waals surface area contributed by atoms with Crippen molar-refractivity contribution in [2.24, 2.45) is 0 Å². The summed E-state index contributed by atoms with van der Waals surface area (Å²) in [5, 5.41) is 6.88. The third-order valence-corrected chi connectivity index (χ3v) is 11.9. The van der Waals surface area contributed by atoms with Crippen molar-refractivity contribution in [1.82, 2.24) is 0 Å². The van der Waals surface area contributed by atoms with Gasteiger partial charge >= 0.3 is 0 Å². The van der Waals surface area contributed by atoms with Gasteiger partial charge in [0.2, 0.25) is 0 Å². The van der Waals surface area contributed by atoms with Gasteiger partial charge in [0.15, 0.2) is 0 Å². The first kappa shape index (κ1) is 34.7. The van der Waals surface area contributed by atoms with Crippen LogP contribution >= 0.6 is 0 Å². The molecule has 0 aliphatic rings. The maximum atomic E-state index is 6.48. The first-order chi connectivity index (χ1) is 29.0. The molecule has 11 rings (SSSR count). The maximum absolute atomic E-state index is 6.48. The largest absolute Gasteiger partial charge is 0.456 e. The van der Waals surface area contributed by atoms with E-state index in [0.717, 1.165) is 78.0 Å². The molecule has 0 radical (unpaired) electrons. The molecule has 4 heteroatoms. The van der Waals surface area contributed by atoms with Crippen LogP contribution in [-0.2, 0) is 5.41 Å². The van der Waals surface area contributed by atoms with Crippen LogP contribution in [0.25, 0.3) is 54.6 Å². The van der Waals surface area contributed by atoms with Gasteiger partial charge in [-0.15, -0.1) is 0 Å². The summed E-state index contributed by atoms with van der Waals surface area (Å²) in [6.07, 6.45) is 0. The molecule has 0 fully saturated rings. The lowest BCUT2D eigenvalue weighted by atomic mass is 9.77. The second-order valence-electron chi connectivity index (χ2n) is 15.8. The van der Waals surface area contributed by atoms with Crippen LogP contribution in [0.5, 0.6) is 0 Å². The number of furan rings is 2. The number of fused-ring (bicyclic) bond motifs is 7. The number of para-hydroxylation sites is 4. The molecular formula is C55H40N2O2. The van der Waals surface area contributed by atoms with Crippen molar-refractivity contribution >= 4 is 88.8 Å². The number of benzene rings is 9. The molecular weight excluding hydrogens is 721 g/mol. The quantitative estimate of drug-likeness (QED) is 0.154. The number of hydrogen-bond acceptors (Lipinski definition) is 4. The lowest BCUT2D eigenvalue weighted by Crippen LogP contribution is -2.21. The second kappa shape index (κ2) is 13.8. The fourth-order valence-corrected chi connectivity index (χ4v) is 8.71. The molecule has 0 saturated heterocycles. The summed E-state index contributed by atoms with van der Waals surface area (Å²) >= 11 is 0. The van der Waals surface area contributed by atoms with Gasteiger partial charge < -0.3 is 18.6 Å². The average molecular weight is 761 g/mol. The minimum atomic E-state index is -0.384. The van der Waals surface area contributed by atoms with E-state index in [0.29, 0.717) is 0 Å². The topological polar surface area (TPSA) is 32.8 Å². The van der Waals surface area contributed by atoms with Gasteiger partial charge in [-0.05, 0) is 101 Å². The molecule has 0 bridgehead atoms. The van der Waals surface area contributed by atoms with E-state index in [9.17, 15) is 0 Å². The van der Waals surface area contributed by atoms with Crippen LogP contribution < -0.4 is 9.80 Å². The van der Waals surface area contributed by atoms with E-state index in [2.05, 4.69) is 206 Å². The highest BCUT2D eigenvalue weighted by atomic mass is 16.3. The summed E-state index contributed by atoms with van der Waals surface area (Å²) in [5.74, 6) is 0. The maximum Gasteiger partial charge on any atom is 0.137 e. The molecule has 0 amide bonds. The molecule has 2 aromatic heterocycles. The van der Waals surface area contributed by atoms with Crippen molar-refractivity contribution in [2.45, 2.75) is 19.3 Å². The van der Waals surface area contributed by atoms with Gasteiger partial charge in [0.25, 0.3) is 0 Å². The molecule has 0 aliphatic carbocycles. The highest BCUT2D eigenvalue weighted by Crippen LogP contribution is 2.46. The van der Waals surface area contributed by atoms with E-state index in [1.54, 1.807) is 0 Å². The molecule has 0 spiro atoms. The summed E-state index contributed by atoms with van der Waals surface area (Å²) in [5.41, 5.74) is 11.6. The standard InChI is InChI=1S/C55H40N2O2/c1-55(2,39-26-25-37-15-9-10-16-38(37)31-39)40-32-45(56(41-17-5-3-6-18-41)43-27-29-49-47-21-11-13-23-51(47)58-53(49)35-43)34-46(33-40)57(42-19-7-4-8-20-42)44-28-30-50-48-22-12-14-24-52(48)59-54(50)36-44/h3-36H,1-2H3. The Kier molecular flexibility index (Phi) is 8.12. The molecule has 4 nitrogen and oxygen atoms in total. The first-order valence-electron chi connectivity index (χ1n) is 20.2. The molecule has 59 heavy (non-hydrogen) atoms. The molecule has 9 aromatic carbocycles. The predicted octanol–water partition coefficient (Wildman–Crippen LogP) is 15.9. The minimum absolute atomic E-state index is 0.384. The van der Waals surface area contributed by atoms with Crippen molar-refractivity contribution in [2.75, 3.05) is 9.80 Å². The van der Waals surface area contributed by atoms with Gasteiger partial charge in [-0.25, -0.2) is 0 Å². The monoisotopic (exact) mass is 760 g/mol. The smallest absolute Gasteiger partial charge is 0.137 e. The molecule has 0 N–H and O–H groups in total. The SMILES string of the molecule is CC(C)(c1cc(N(c2ccccc2)c2ccc3c(c2)oc2ccccc23)cc(N(c2ccccc2)c2ccc3c(c2)oc2ccccc23)c1)c1ccc2ccccc2c1. The first-order valence-corrected chi connectivity index (χ1v) is 20.2. The zero-order valence-corrected chi connectivity index (χ0v) is 32.8. The fraction of sp³-hybridized carbons (Fsp3) is 0.0545. The highest BCUT2D eigenvalue weighted by Gasteiger charge is 2.28. The van der Waals surface area contributed by atoms with Crippen molar-refractivity contribution in [3.63, 3.8) is 0 Å². The third-order valence-electron chi connectivity index (χ3n) is 11.9. The van der Waals surface area contributed by atoms with E-state index in [1.165, 1.54) is 21.9 Å². The van der Waals surface area contributed by atoms with Gasteiger partial charge in [0, 0.05) is 73.2 Å². The second-order valence-corrected chi connectivity index (χ2v) is 15.8. The number of rotatable bonds is 8. The Hall–Kier alpha value is -7.56. The Labute approximate surface area is 342 Å². The van der Waals surface area contributed by atoms with Gasteiger partial charge in [0.05, 0.1) is 0 Å². The van der Waals surface area contributed by atoms with E-state index in [-0.39, 0.29) is 5.41 Å². The normalized spacial score (nSPS) is 11.9. The molecule has 11 aromatic rings. The van der Waals surface area contributed by atoms with Crippen molar-refractivity contribution in [3.05, 3.63) is 217 Å². The van der Waals surface area contributed by atoms with Gasteiger partial charge in [0.1, 0.15) is 22.3 Å². The zero-order valence-electron chi connectivity index (χ0n) is 32.8. The Morgan fingerprint density at radius 3 is 1.31 bits per heavy atom. The van der Waals surface area contributed by atoms with Crippen LogP contribution in [0.3, 0.4) is 0 Å². The highest BCUT2D eigenvalue weighted by molar-refractivity contribution is 6.07. The van der Waals surface area contributed by atoms with Crippen LogP contribution in [0.2, 0.25) is 0 Å². The van der Waals surface area contributed by atoms with Crippen LogP contribution in [0.4, 0.5) is 34.1 Å². The number of hydrogen-bond donors (Lipinski definition) is 0. The molecule has 0 unspecified atom stereocenters. The van der Waals surface area contributed by atoms with Crippen molar-refractivity contribution < 1.29 is 8.83 Å². The Bertz CT molecular complexity index is 3150. The average Bonchev–Trinajstić information content (AvgIpc) is 3.85. The predicted molar refractivity (Wildman–Crippen MR) is 246 cm³/mol. The lowest BCUT2D eigenvalue weighted by molar-refractivity contribution is 0.642. The fourth-order valence-electron chi connectivity index (χ4n) is 8.71. The molecule has 0 aliphatic heterocycles. The molecule has 0 atom stereocenters. The summed E-state index contributed by atoms with van der Waals surface area (Å²) in [4.78, 5) is 4.70. The summed E-state index contributed by atoms with van der Waals surface area (Å²) in [6.45, 7) is 4.67. The van der Waals surface area contributed by atoms with Crippen LogP contribution in [0, 0.1) is 0 Å². The molecule has 282 valence electrons. The van der Waals surface area contributed by atoms with Gasteiger partial charge in [-0.2, -0.15) is 0 Å². The van der Waals surface area contributed by atoms with Gasteiger partial charge in [-0.3, -0.25) is 0 Å². The summed E-state index contributed by atoms with van der Waals surface area (Å²) < 4.78 is 13.0. The van der Waals surface area contributed by atoms with E-state index >= 15 is 0 Å². The number of nitrogens with zero attached hydrogens (tertiary/aromatic N) is 2. The van der Waals surface area contributed by atoms with E-state index in [4.69, 9.17) is 8.83 Å². The van der Waals surface area contributed by atoms with Crippen LogP contribution in [0.1, 0.15) is 25.0 Å². The minimum Gasteiger partial charge on any atom is -0.456 e. The third kappa shape index (κ3) is 6.00. The Morgan fingerprint density at radius 1 is 0.305 bits per heavy atom. The van der Waals surface area contributed by atoms with Crippen molar-refractivity contribution in [1.29, 1.82) is 0 Å². The Balaban J connectivity index is 1.16. The molecule has 0 saturated carbocycles. The van der Waals surface area contributed by atoms with Crippen molar-refractivity contribution in [3.8, 4) is 0 Å². The zero-order chi connectivity index (χ0) is 39.5. The molecule has 2 heterocycles. The number of anilines is 6. The Morgan fingerprint density at radius 2 is 0.763 bits per heavy atom. The van der Waals surface area contributed by atoms with Crippen LogP contribution in [0.15, 0.2) is 215 Å². The summed E-state index contributed by atoms with van der Waals surface area (Å²) in [6, 6.07) is 73.4. The van der Waals surface area contributed by atoms with Gasteiger partial charge in [-0.1, -0.05) is 129 Å². The summed E-state index contributed by atoms with van der Waals surface area (Å²) in [7, 11) is 0. The van der Waals surface area contributed by atoms with E-state index in [1.807, 2.05) is 24.3 Å². The van der Waals surface area contributed by atoms with Crippen LogP contribution in [-0.4, -0.2) is 0 Å². The lowest BCUT2D eigenvalue weighted by Gasteiger charge is -2.33.